The molecule has 0 bridgehead atoms. The van der Waals surface area contributed by atoms with Crippen LogP contribution in [0.15, 0.2) is 6.07 Å². The predicted octanol–water partition coefficient (Wildman–Crippen LogP) is 2.53. The van der Waals surface area contributed by atoms with Crippen molar-refractivity contribution in [2.24, 2.45) is 12.8 Å². The molecular formula is C16H24N4. The van der Waals surface area contributed by atoms with Gasteiger partial charge in [0.1, 0.15) is 0 Å². The molecule has 0 spiro atoms. The summed E-state index contributed by atoms with van der Waals surface area (Å²) in [5, 5.41) is 4.53. The van der Waals surface area contributed by atoms with Crippen LogP contribution in [0.4, 0.5) is 0 Å². The Morgan fingerprint density at radius 2 is 2.10 bits per heavy atom. The van der Waals surface area contributed by atoms with Gasteiger partial charge in [-0.2, -0.15) is 5.10 Å². The van der Waals surface area contributed by atoms with E-state index in [1.165, 1.54) is 34.6 Å². The van der Waals surface area contributed by atoms with E-state index in [9.17, 15) is 0 Å². The van der Waals surface area contributed by atoms with E-state index in [0.717, 1.165) is 25.1 Å². The maximum absolute atomic E-state index is 6.26. The van der Waals surface area contributed by atoms with Crippen LogP contribution >= 0.6 is 0 Å². The zero-order chi connectivity index (χ0) is 14.4. The van der Waals surface area contributed by atoms with Crippen LogP contribution in [-0.2, 0) is 20.0 Å². The first-order chi connectivity index (χ1) is 9.49. The second-order valence-electron chi connectivity index (χ2n) is 6.05. The van der Waals surface area contributed by atoms with E-state index in [1.807, 2.05) is 11.7 Å². The molecule has 4 heteroatoms. The maximum atomic E-state index is 6.26. The van der Waals surface area contributed by atoms with Gasteiger partial charge in [0, 0.05) is 35.7 Å². The largest absolute Gasteiger partial charge is 0.344 e. The molecule has 108 valence electrons. The van der Waals surface area contributed by atoms with Crippen LogP contribution in [0.5, 0.6) is 0 Å². The Bertz CT molecular complexity index is 648. The van der Waals surface area contributed by atoms with Crippen molar-refractivity contribution in [3.05, 3.63) is 40.0 Å². The van der Waals surface area contributed by atoms with Crippen LogP contribution in [0, 0.1) is 20.8 Å². The molecule has 0 amide bonds. The lowest BCUT2D eigenvalue weighted by molar-refractivity contribution is 0.546. The maximum Gasteiger partial charge on any atom is 0.0646 e. The van der Waals surface area contributed by atoms with Crippen LogP contribution in [0.1, 0.15) is 52.8 Å². The molecule has 4 nitrogen and oxygen atoms in total. The number of aromatic nitrogens is 3. The fourth-order valence-electron chi connectivity index (χ4n) is 3.42. The molecule has 0 fully saturated rings. The zero-order valence-corrected chi connectivity index (χ0v) is 12.9. The van der Waals surface area contributed by atoms with Crippen LogP contribution in [0.3, 0.4) is 0 Å². The van der Waals surface area contributed by atoms with Gasteiger partial charge in [-0.15, -0.1) is 0 Å². The second-order valence-corrected chi connectivity index (χ2v) is 6.05. The third kappa shape index (κ3) is 1.99. The average molecular weight is 272 g/mol. The Morgan fingerprint density at radius 3 is 2.75 bits per heavy atom. The molecule has 2 heterocycles. The quantitative estimate of drug-likeness (QED) is 0.913. The smallest absolute Gasteiger partial charge is 0.0646 e. The van der Waals surface area contributed by atoms with Crippen molar-refractivity contribution in [1.29, 1.82) is 0 Å². The van der Waals surface area contributed by atoms with Gasteiger partial charge in [0.15, 0.2) is 0 Å². The Morgan fingerprint density at radius 1 is 1.35 bits per heavy atom. The summed E-state index contributed by atoms with van der Waals surface area (Å²) >= 11 is 0. The topological polar surface area (TPSA) is 48.8 Å². The molecule has 0 aromatic carbocycles. The van der Waals surface area contributed by atoms with Gasteiger partial charge in [-0.3, -0.25) is 4.68 Å². The van der Waals surface area contributed by atoms with E-state index in [0.29, 0.717) is 0 Å². The summed E-state index contributed by atoms with van der Waals surface area (Å²) in [4.78, 5) is 0. The van der Waals surface area contributed by atoms with E-state index in [-0.39, 0.29) is 6.04 Å². The van der Waals surface area contributed by atoms with Crippen molar-refractivity contribution >= 4 is 0 Å². The number of aryl methyl sites for hydroxylation is 3. The van der Waals surface area contributed by atoms with Gasteiger partial charge in [0.25, 0.3) is 0 Å². The molecule has 20 heavy (non-hydrogen) atoms. The molecule has 1 unspecified atom stereocenters. The molecule has 0 saturated carbocycles. The lowest BCUT2D eigenvalue weighted by Gasteiger charge is -2.21. The first-order valence-electron chi connectivity index (χ1n) is 7.42. The number of rotatable bonds is 2. The molecule has 1 aliphatic carbocycles. The van der Waals surface area contributed by atoms with Crippen molar-refractivity contribution in [3.8, 4) is 0 Å². The Kier molecular flexibility index (Phi) is 3.21. The van der Waals surface area contributed by atoms with Gasteiger partial charge in [-0.1, -0.05) is 0 Å². The lowest BCUT2D eigenvalue weighted by Crippen LogP contribution is -2.18. The predicted molar refractivity (Wildman–Crippen MR) is 80.8 cm³/mol. The molecule has 2 aromatic rings. The summed E-state index contributed by atoms with van der Waals surface area (Å²) in [5.41, 5.74) is 14.1. The summed E-state index contributed by atoms with van der Waals surface area (Å²) in [6, 6.07) is 2.50. The van der Waals surface area contributed by atoms with Crippen LogP contribution in [0.25, 0.3) is 0 Å². The van der Waals surface area contributed by atoms with E-state index in [4.69, 9.17) is 5.73 Å². The Labute approximate surface area is 120 Å². The van der Waals surface area contributed by atoms with E-state index in [2.05, 4.69) is 36.5 Å². The fraction of sp³-hybridized carbons (Fsp3) is 0.562. The SMILES string of the molecule is Cc1nn(C)c(C)c1Cn1c(C)cc2c1CCCC2N. The summed E-state index contributed by atoms with van der Waals surface area (Å²) in [5.74, 6) is 0. The highest BCUT2D eigenvalue weighted by atomic mass is 15.3. The van der Waals surface area contributed by atoms with Crippen LogP contribution in [0.2, 0.25) is 0 Å². The van der Waals surface area contributed by atoms with Crippen LogP contribution < -0.4 is 5.73 Å². The molecule has 0 aliphatic heterocycles. The molecule has 0 saturated heterocycles. The minimum atomic E-state index is 0.217. The highest BCUT2D eigenvalue weighted by Gasteiger charge is 2.23. The van der Waals surface area contributed by atoms with Gasteiger partial charge < -0.3 is 10.3 Å². The van der Waals surface area contributed by atoms with Crippen molar-refractivity contribution < 1.29 is 0 Å². The zero-order valence-electron chi connectivity index (χ0n) is 12.9. The molecule has 0 radical (unpaired) electrons. The molecular weight excluding hydrogens is 248 g/mol. The normalized spacial score (nSPS) is 18.4. The van der Waals surface area contributed by atoms with E-state index >= 15 is 0 Å². The number of nitrogens with two attached hydrogens (primary N) is 1. The number of hydrogen-bond donors (Lipinski definition) is 1. The highest BCUT2D eigenvalue weighted by Crippen LogP contribution is 2.31. The molecule has 1 atom stereocenters. The van der Waals surface area contributed by atoms with Crippen molar-refractivity contribution in [3.63, 3.8) is 0 Å². The monoisotopic (exact) mass is 272 g/mol. The first kappa shape index (κ1) is 13.4. The van der Waals surface area contributed by atoms with Crippen molar-refractivity contribution in [2.75, 3.05) is 0 Å². The second kappa shape index (κ2) is 4.77. The lowest BCUT2D eigenvalue weighted by atomic mass is 9.93. The van der Waals surface area contributed by atoms with E-state index < -0.39 is 0 Å². The van der Waals surface area contributed by atoms with Crippen molar-refractivity contribution in [1.82, 2.24) is 14.3 Å². The van der Waals surface area contributed by atoms with E-state index in [1.54, 1.807) is 0 Å². The summed E-state index contributed by atoms with van der Waals surface area (Å²) in [6.07, 6.45) is 3.46. The van der Waals surface area contributed by atoms with Gasteiger partial charge in [-0.25, -0.2) is 0 Å². The number of hydrogen-bond acceptors (Lipinski definition) is 2. The first-order valence-corrected chi connectivity index (χ1v) is 7.42. The molecule has 1 aliphatic rings. The molecule has 2 N–H and O–H groups in total. The van der Waals surface area contributed by atoms with Gasteiger partial charge in [-0.05, 0) is 51.7 Å². The Balaban J connectivity index is 2.03. The van der Waals surface area contributed by atoms with Gasteiger partial charge >= 0.3 is 0 Å². The van der Waals surface area contributed by atoms with Gasteiger partial charge in [0.2, 0.25) is 0 Å². The van der Waals surface area contributed by atoms with Gasteiger partial charge in [0.05, 0.1) is 12.2 Å². The fourth-order valence-corrected chi connectivity index (χ4v) is 3.42. The highest BCUT2D eigenvalue weighted by molar-refractivity contribution is 5.35. The number of nitrogens with zero attached hydrogens (tertiary/aromatic N) is 3. The number of fused-ring (bicyclic) bond motifs is 1. The summed E-state index contributed by atoms with van der Waals surface area (Å²) in [7, 11) is 2.01. The minimum absolute atomic E-state index is 0.217. The third-order valence-corrected chi connectivity index (χ3v) is 4.75. The minimum Gasteiger partial charge on any atom is -0.344 e. The van der Waals surface area contributed by atoms with Crippen LogP contribution in [-0.4, -0.2) is 14.3 Å². The Hall–Kier alpha value is -1.55. The summed E-state index contributed by atoms with van der Waals surface area (Å²) in [6.45, 7) is 7.34. The molecule has 3 rings (SSSR count). The third-order valence-electron chi connectivity index (χ3n) is 4.75. The summed E-state index contributed by atoms with van der Waals surface area (Å²) < 4.78 is 4.41. The average Bonchev–Trinajstić information content (AvgIpc) is 2.84. The van der Waals surface area contributed by atoms with Crippen molar-refractivity contribution in [2.45, 2.75) is 52.6 Å². The molecule has 2 aromatic heterocycles. The standard InChI is InChI=1S/C16H24N4/c1-10-8-13-15(17)6-5-7-16(13)20(10)9-14-11(2)18-19(4)12(14)3/h8,15H,5-7,9,17H2,1-4H3.